The fourth-order valence-electron chi connectivity index (χ4n) is 1.15. The number of carbonyl (C=O) groups is 1. The Kier molecular flexibility index (Phi) is 3.79. The van der Waals surface area contributed by atoms with Gasteiger partial charge in [0.05, 0.1) is 6.42 Å². The highest BCUT2D eigenvalue weighted by molar-refractivity contribution is 6.00. The molecule has 1 aromatic rings. The maximum atomic E-state index is 13.1. The Hall–Kier alpha value is -1.91. The molecule has 0 radical (unpaired) electrons. The van der Waals surface area contributed by atoms with Crippen LogP contribution in [0, 0.1) is 5.82 Å². The summed E-state index contributed by atoms with van der Waals surface area (Å²) >= 11 is 0. The van der Waals surface area contributed by atoms with Gasteiger partial charge in [-0.05, 0) is 11.6 Å². The first-order valence-corrected chi connectivity index (χ1v) is 4.35. The maximum absolute atomic E-state index is 13.1. The van der Waals surface area contributed by atoms with Crippen molar-refractivity contribution in [3.63, 3.8) is 0 Å². The lowest BCUT2D eigenvalue weighted by molar-refractivity contribution is -0.117. The summed E-state index contributed by atoms with van der Waals surface area (Å²) < 4.78 is 13.1. The van der Waals surface area contributed by atoms with Crippen molar-refractivity contribution in [2.45, 2.75) is 12.8 Å². The van der Waals surface area contributed by atoms with Crippen LogP contribution in [0.1, 0.15) is 12.0 Å². The summed E-state index contributed by atoms with van der Waals surface area (Å²) in [7, 11) is 0. The zero-order valence-corrected chi connectivity index (χ0v) is 7.98. The van der Waals surface area contributed by atoms with Crippen molar-refractivity contribution in [3.8, 4) is 0 Å². The molecular formula is C10H11FN2O2. The molecule has 0 fully saturated rings. The number of nitrogens with zero attached hydrogens (tertiary/aromatic N) is 1. The van der Waals surface area contributed by atoms with Crippen LogP contribution in [0.5, 0.6) is 0 Å². The minimum atomic E-state index is -0.426. The van der Waals surface area contributed by atoms with Gasteiger partial charge in [0.2, 0.25) is 0 Å². The number of hydrogen-bond donors (Lipinski definition) is 2. The molecule has 15 heavy (non-hydrogen) atoms. The summed E-state index contributed by atoms with van der Waals surface area (Å²) in [5, 5.41) is 10.9. The third-order valence-electron chi connectivity index (χ3n) is 1.85. The summed E-state index contributed by atoms with van der Waals surface area (Å²) in [6.07, 6.45) is -0.228. The van der Waals surface area contributed by atoms with Crippen LogP contribution >= 0.6 is 0 Å². The molecule has 0 spiro atoms. The van der Waals surface area contributed by atoms with Gasteiger partial charge in [0.25, 0.3) is 0 Å². The van der Waals surface area contributed by atoms with Gasteiger partial charge in [-0.1, -0.05) is 23.4 Å². The minimum absolute atomic E-state index is 0.0527. The molecule has 5 heteroatoms. The first-order valence-electron chi connectivity index (χ1n) is 4.35. The number of halogens is 1. The van der Waals surface area contributed by atoms with Crippen molar-refractivity contribution in [2.24, 2.45) is 10.9 Å². The van der Waals surface area contributed by atoms with Crippen LogP contribution in [0.2, 0.25) is 0 Å². The number of oxime groups is 1. The quantitative estimate of drug-likeness (QED) is 0.338. The van der Waals surface area contributed by atoms with Gasteiger partial charge < -0.3 is 10.9 Å². The highest BCUT2D eigenvalue weighted by atomic mass is 19.1. The predicted molar refractivity (Wildman–Crippen MR) is 53.1 cm³/mol. The number of nitrogens with two attached hydrogens (primary N) is 1. The number of Topliss-reactive ketones (excluding diaryl/α,β-unsaturated/α-hetero) is 1. The third kappa shape index (κ3) is 3.38. The van der Waals surface area contributed by atoms with E-state index in [0.717, 1.165) is 0 Å². The molecule has 0 aliphatic carbocycles. The molecule has 80 valence electrons. The lowest BCUT2D eigenvalue weighted by atomic mass is 10.1. The van der Waals surface area contributed by atoms with E-state index in [1.807, 2.05) is 0 Å². The van der Waals surface area contributed by atoms with Gasteiger partial charge in [0, 0.05) is 6.42 Å². The number of carbonyl (C=O) groups excluding carboxylic acids is 1. The maximum Gasteiger partial charge on any atom is 0.146 e. The van der Waals surface area contributed by atoms with Crippen molar-refractivity contribution >= 4 is 11.6 Å². The molecule has 4 nitrogen and oxygen atoms in total. The average Bonchev–Trinajstić information content (AvgIpc) is 2.21. The molecule has 0 saturated heterocycles. The van der Waals surface area contributed by atoms with E-state index >= 15 is 0 Å². The largest absolute Gasteiger partial charge is 0.409 e. The third-order valence-corrected chi connectivity index (χ3v) is 1.85. The molecule has 0 aliphatic rings. The highest BCUT2D eigenvalue weighted by Gasteiger charge is 2.09. The Bertz CT molecular complexity index is 391. The van der Waals surface area contributed by atoms with E-state index in [4.69, 9.17) is 10.9 Å². The molecule has 0 aliphatic heterocycles. The first-order chi connectivity index (χ1) is 7.13. The van der Waals surface area contributed by atoms with E-state index in [1.54, 1.807) is 12.1 Å². The van der Waals surface area contributed by atoms with E-state index in [9.17, 15) is 9.18 Å². The number of ketones is 1. The molecular weight excluding hydrogens is 199 g/mol. The average molecular weight is 210 g/mol. The summed E-state index contributed by atoms with van der Waals surface area (Å²) in [6, 6.07) is 6.01. The van der Waals surface area contributed by atoms with Crippen molar-refractivity contribution < 1.29 is 14.4 Å². The van der Waals surface area contributed by atoms with Crippen LogP contribution in [0.3, 0.4) is 0 Å². The monoisotopic (exact) mass is 210 g/mol. The van der Waals surface area contributed by atoms with Crippen LogP contribution in [-0.4, -0.2) is 16.8 Å². The van der Waals surface area contributed by atoms with Crippen LogP contribution in [0.25, 0.3) is 0 Å². The van der Waals surface area contributed by atoms with E-state index in [-0.39, 0.29) is 24.5 Å². The molecule has 1 aromatic carbocycles. The van der Waals surface area contributed by atoms with Gasteiger partial charge in [-0.3, -0.25) is 4.79 Å². The first kappa shape index (κ1) is 11.2. The summed E-state index contributed by atoms with van der Waals surface area (Å²) in [6.45, 7) is 0. The van der Waals surface area contributed by atoms with Gasteiger partial charge in [0.15, 0.2) is 0 Å². The molecule has 1 rings (SSSR count). The van der Waals surface area contributed by atoms with Gasteiger partial charge in [0.1, 0.15) is 17.4 Å². The standard InChI is InChI=1S/C10H11FN2O2/c11-9-4-2-1-3-7(9)5-8(14)6-10(12)13-15/h1-4,15H,5-6H2,(H2,12,13). The second-order valence-corrected chi connectivity index (χ2v) is 3.07. The Labute approximate surface area is 86.2 Å². The molecule has 0 aromatic heterocycles. The minimum Gasteiger partial charge on any atom is -0.409 e. The Balaban J connectivity index is 2.63. The normalized spacial score (nSPS) is 11.4. The predicted octanol–water partition coefficient (Wildman–Crippen LogP) is 1.07. The number of benzene rings is 1. The van der Waals surface area contributed by atoms with E-state index < -0.39 is 5.82 Å². The van der Waals surface area contributed by atoms with Crippen LogP contribution in [0.4, 0.5) is 4.39 Å². The second-order valence-electron chi connectivity index (χ2n) is 3.07. The molecule has 0 amide bonds. The van der Waals surface area contributed by atoms with Crippen molar-refractivity contribution in [2.75, 3.05) is 0 Å². The summed E-state index contributed by atoms with van der Waals surface area (Å²) in [5.74, 6) is -0.892. The molecule has 0 saturated carbocycles. The topological polar surface area (TPSA) is 75.7 Å². The fourth-order valence-corrected chi connectivity index (χ4v) is 1.15. The van der Waals surface area contributed by atoms with Gasteiger partial charge >= 0.3 is 0 Å². The van der Waals surface area contributed by atoms with Gasteiger partial charge in [-0.2, -0.15) is 0 Å². The van der Waals surface area contributed by atoms with Gasteiger partial charge in [-0.25, -0.2) is 4.39 Å². The van der Waals surface area contributed by atoms with Crippen LogP contribution in [0.15, 0.2) is 29.4 Å². The lowest BCUT2D eigenvalue weighted by Gasteiger charge is -2.01. The zero-order chi connectivity index (χ0) is 11.3. The molecule has 0 unspecified atom stereocenters. The summed E-state index contributed by atoms with van der Waals surface area (Å²) in [5.41, 5.74) is 5.46. The smallest absolute Gasteiger partial charge is 0.146 e. The van der Waals surface area contributed by atoms with Gasteiger partial charge in [-0.15, -0.1) is 0 Å². The van der Waals surface area contributed by atoms with Crippen LogP contribution in [-0.2, 0) is 11.2 Å². The summed E-state index contributed by atoms with van der Waals surface area (Å²) in [4.78, 5) is 11.3. The van der Waals surface area contributed by atoms with E-state index in [1.165, 1.54) is 12.1 Å². The van der Waals surface area contributed by atoms with Crippen LogP contribution < -0.4 is 5.73 Å². The number of rotatable bonds is 4. The Morgan fingerprint density at radius 2 is 2.13 bits per heavy atom. The molecule has 0 atom stereocenters. The highest BCUT2D eigenvalue weighted by Crippen LogP contribution is 2.08. The molecule has 3 N–H and O–H groups in total. The zero-order valence-electron chi connectivity index (χ0n) is 7.98. The van der Waals surface area contributed by atoms with Crippen molar-refractivity contribution in [1.82, 2.24) is 0 Å². The second kappa shape index (κ2) is 5.09. The Morgan fingerprint density at radius 1 is 1.47 bits per heavy atom. The molecule has 0 heterocycles. The van der Waals surface area contributed by atoms with E-state index in [2.05, 4.69) is 5.16 Å². The lowest BCUT2D eigenvalue weighted by Crippen LogP contribution is -2.18. The molecule has 0 bridgehead atoms. The van der Waals surface area contributed by atoms with Crippen molar-refractivity contribution in [3.05, 3.63) is 35.6 Å². The SMILES string of the molecule is N/C(CC(=O)Cc1ccccc1F)=N\O. The van der Waals surface area contributed by atoms with E-state index in [0.29, 0.717) is 5.56 Å². The fraction of sp³-hybridized carbons (Fsp3) is 0.200. The number of amidine groups is 1. The number of hydrogen-bond acceptors (Lipinski definition) is 3. The van der Waals surface area contributed by atoms with Crippen molar-refractivity contribution in [1.29, 1.82) is 0 Å². The Morgan fingerprint density at radius 3 is 2.73 bits per heavy atom.